The lowest BCUT2D eigenvalue weighted by atomic mass is 10.0. The number of fused-ring (bicyclic) bond motifs is 1. The van der Waals surface area contributed by atoms with E-state index in [1.807, 2.05) is 0 Å². The number of nitrogens with zero attached hydrogens (tertiary/aromatic N) is 1. The van der Waals surface area contributed by atoms with Crippen molar-refractivity contribution >= 4 is 26.7 Å². The third-order valence-corrected chi connectivity index (χ3v) is 4.27. The number of benzene rings is 2. The summed E-state index contributed by atoms with van der Waals surface area (Å²) in [6.45, 7) is 2.17. The number of hydrogen-bond donors (Lipinski definition) is 0. The summed E-state index contributed by atoms with van der Waals surface area (Å²) < 4.78 is 1.11. The number of rotatable bonds is 4. The highest BCUT2D eigenvalue weighted by atomic mass is 79.9. The Morgan fingerprint density at radius 1 is 0.952 bits per heavy atom. The molecule has 0 saturated heterocycles. The van der Waals surface area contributed by atoms with Gasteiger partial charge in [0.15, 0.2) is 0 Å². The standard InChI is InChI=1S/C19H18BrN/c1-2-19-18-13-16(20)10-9-15(18)12-17(21-19)11-8-14-6-4-3-5-7-14/h3-7,9-10,12-13H,2,8,11H2,1H3. The van der Waals surface area contributed by atoms with Crippen molar-refractivity contribution < 1.29 is 0 Å². The van der Waals surface area contributed by atoms with Gasteiger partial charge in [-0.25, -0.2) is 0 Å². The van der Waals surface area contributed by atoms with Gasteiger partial charge in [-0.05, 0) is 48.4 Å². The molecule has 0 aliphatic rings. The summed E-state index contributed by atoms with van der Waals surface area (Å²) in [6, 6.07) is 19.3. The van der Waals surface area contributed by atoms with Crippen LogP contribution in [0.2, 0.25) is 0 Å². The van der Waals surface area contributed by atoms with E-state index in [1.54, 1.807) is 0 Å². The number of hydrogen-bond acceptors (Lipinski definition) is 1. The summed E-state index contributed by atoms with van der Waals surface area (Å²) in [7, 11) is 0. The quantitative estimate of drug-likeness (QED) is 0.624. The van der Waals surface area contributed by atoms with Crippen molar-refractivity contribution in [3.8, 4) is 0 Å². The lowest BCUT2D eigenvalue weighted by Crippen LogP contribution is -1.99. The summed E-state index contributed by atoms with van der Waals surface area (Å²) in [5.74, 6) is 0. The Labute approximate surface area is 134 Å². The smallest absolute Gasteiger partial charge is 0.0482 e. The van der Waals surface area contributed by atoms with Crippen LogP contribution in [-0.2, 0) is 19.3 Å². The molecule has 0 saturated carbocycles. The minimum Gasteiger partial charge on any atom is -0.257 e. The van der Waals surface area contributed by atoms with Crippen molar-refractivity contribution in [3.05, 3.63) is 76.0 Å². The molecule has 0 unspecified atom stereocenters. The molecule has 2 heteroatoms. The highest BCUT2D eigenvalue weighted by molar-refractivity contribution is 9.10. The first-order valence-electron chi connectivity index (χ1n) is 7.38. The lowest BCUT2D eigenvalue weighted by molar-refractivity contribution is 0.894. The third-order valence-electron chi connectivity index (χ3n) is 3.77. The second-order valence-corrected chi connectivity index (χ2v) is 6.18. The van der Waals surface area contributed by atoms with Gasteiger partial charge in [-0.15, -0.1) is 0 Å². The Morgan fingerprint density at radius 3 is 2.52 bits per heavy atom. The highest BCUT2D eigenvalue weighted by Gasteiger charge is 2.06. The zero-order valence-corrected chi connectivity index (χ0v) is 13.7. The van der Waals surface area contributed by atoms with Crippen LogP contribution in [0.5, 0.6) is 0 Å². The van der Waals surface area contributed by atoms with Crippen LogP contribution in [0.25, 0.3) is 10.8 Å². The fourth-order valence-corrected chi connectivity index (χ4v) is 3.03. The van der Waals surface area contributed by atoms with E-state index in [-0.39, 0.29) is 0 Å². The molecule has 0 aliphatic carbocycles. The van der Waals surface area contributed by atoms with Gasteiger partial charge >= 0.3 is 0 Å². The maximum atomic E-state index is 4.85. The average molecular weight is 340 g/mol. The highest BCUT2D eigenvalue weighted by Crippen LogP contribution is 2.24. The maximum absolute atomic E-state index is 4.85. The zero-order chi connectivity index (χ0) is 14.7. The summed E-state index contributed by atoms with van der Waals surface area (Å²) >= 11 is 3.55. The second-order valence-electron chi connectivity index (χ2n) is 5.26. The van der Waals surface area contributed by atoms with E-state index < -0.39 is 0 Å². The SMILES string of the molecule is CCc1nc(CCc2ccccc2)cc2ccc(Br)cc12. The Balaban J connectivity index is 1.91. The minimum atomic E-state index is 0.964. The van der Waals surface area contributed by atoms with Gasteiger partial charge in [0.25, 0.3) is 0 Å². The van der Waals surface area contributed by atoms with Crippen molar-refractivity contribution in [1.29, 1.82) is 0 Å². The van der Waals surface area contributed by atoms with Gasteiger partial charge in [-0.3, -0.25) is 4.98 Å². The summed E-state index contributed by atoms with van der Waals surface area (Å²) in [5, 5.41) is 2.54. The molecular formula is C19H18BrN. The maximum Gasteiger partial charge on any atom is 0.0482 e. The molecule has 3 rings (SSSR count). The van der Waals surface area contributed by atoms with Gasteiger partial charge in [0.1, 0.15) is 0 Å². The van der Waals surface area contributed by atoms with E-state index >= 15 is 0 Å². The third kappa shape index (κ3) is 3.33. The number of aryl methyl sites for hydroxylation is 3. The van der Waals surface area contributed by atoms with Crippen molar-refractivity contribution in [3.63, 3.8) is 0 Å². The topological polar surface area (TPSA) is 12.9 Å². The summed E-state index contributed by atoms with van der Waals surface area (Å²) in [4.78, 5) is 4.85. The van der Waals surface area contributed by atoms with Gasteiger partial charge in [0.2, 0.25) is 0 Å². The molecule has 0 amide bonds. The van der Waals surface area contributed by atoms with Gasteiger partial charge in [0, 0.05) is 21.2 Å². The second kappa shape index (κ2) is 6.40. The van der Waals surface area contributed by atoms with Gasteiger partial charge in [0.05, 0.1) is 0 Å². The molecule has 106 valence electrons. The molecule has 3 aromatic rings. The van der Waals surface area contributed by atoms with E-state index in [0.29, 0.717) is 0 Å². The first-order chi connectivity index (χ1) is 10.3. The molecular weight excluding hydrogens is 322 g/mol. The van der Waals surface area contributed by atoms with Crippen LogP contribution in [0.3, 0.4) is 0 Å². The van der Waals surface area contributed by atoms with Crippen molar-refractivity contribution in [2.75, 3.05) is 0 Å². The lowest BCUT2D eigenvalue weighted by Gasteiger charge is -2.09. The molecule has 0 atom stereocenters. The normalized spacial score (nSPS) is 11.0. The average Bonchev–Trinajstić information content (AvgIpc) is 2.53. The monoisotopic (exact) mass is 339 g/mol. The minimum absolute atomic E-state index is 0.964. The van der Waals surface area contributed by atoms with Crippen LogP contribution in [0.4, 0.5) is 0 Å². The molecule has 0 fully saturated rings. The molecule has 0 spiro atoms. The van der Waals surface area contributed by atoms with Crippen LogP contribution < -0.4 is 0 Å². The predicted molar refractivity (Wildman–Crippen MR) is 92.7 cm³/mol. The Bertz CT molecular complexity index is 750. The number of aromatic nitrogens is 1. The zero-order valence-electron chi connectivity index (χ0n) is 12.1. The molecule has 0 N–H and O–H groups in total. The Morgan fingerprint density at radius 2 is 1.76 bits per heavy atom. The molecule has 2 aromatic carbocycles. The largest absolute Gasteiger partial charge is 0.257 e. The Hall–Kier alpha value is -1.67. The first kappa shape index (κ1) is 14.3. The van der Waals surface area contributed by atoms with Gasteiger partial charge in [-0.2, -0.15) is 0 Å². The van der Waals surface area contributed by atoms with Crippen LogP contribution in [0, 0.1) is 0 Å². The van der Waals surface area contributed by atoms with Crippen LogP contribution in [-0.4, -0.2) is 4.98 Å². The number of pyridine rings is 1. The number of halogens is 1. The molecule has 1 heterocycles. The summed E-state index contributed by atoms with van der Waals surface area (Å²) in [6.07, 6.45) is 2.99. The van der Waals surface area contributed by atoms with Crippen molar-refractivity contribution in [1.82, 2.24) is 4.98 Å². The van der Waals surface area contributed by atoms with E-state index in [2.05, 4.69) is 77.5 Å². The van der Waals surface area contributed by atoms with Crippen LogP contribution in [0.15, 0.2) is 59.1 Å². The molecule has 0 radical (unpaired) electrons. The van der Waals surface area contributed by atoms with Crippen molar-refractivity contribution in [2.45, 2.75) is 26.2 Å². The fraction of sp³-hybridized carbons (Fsp3) is 0.211. The summed E-state index contributed by atoms with van der Waals surface area (Å²) in [5.41, 5.74) is 3.75. The molecule has 0 bridgehead atoms. The van der Waals surface area contributed by atoms with Gasteiger partial charge in [-0.1, -0.05) is 59.3 Å². The van der Waals surface area contributed by atoms with Crippen molar-refractivity contribution in [2.24, 2.45) is 0 Å². The predicted octanol–water partition coefficient (Wildman–Crippen LogP) is 5.34. The van der Waals surface area contributed by atoms with E-state index in [1.165, 1.54) is 27.7 Å². The molecule has 21 heavy (non-hydrogen) atoms. The van der Waals surface area contributed by atoms with E-state index in [4.69, 9.17) is 4.98 Å². The molecule has 1 nitrogen and oxygen atoms in total. The van der Waals surface area contributed by atoms with Crippen LogP contribution in [0.1, 0.15) is 23.9 Å². The molecule has 0 aliphatic heterocycles. The van der Waals surface area contributed by atoms with E-state index in [0.717, 1.165) is 23.7 Å². The van der Waals surface area contributed by atoms with E-state index in [9.17, 15) is 0 Å². The fourth-order valence-electron chi connectivity index (χ4n) is 2.66. The van der Waals surface area contributed by atoms with Gasteiger partial charge < -0.3 is 0 Å². The first-order valence-corrected chi connectivity index (χ1v) is 8.17. The Kier molecular flexibility index (Phi) is 4.35. The van der Waals surface area contributed by atoms with Crippen LogP contribution >= 0.6 is 15.9 Å². The molecule has 1 aromatic heterocycles.